The van der Waals surface area contributed by atoms with Crippen molar-refractivity contribution in [1.29, 1.82) is 0 Å². The van der Waals surface area contributed by atoms with Crippen LogP contribution in [0.25, 0.3) is 0 Å². The highest BCUT2D eigenvalue weighted by Gasteiger charge is 2.24. The number of hydrogen-bond donors (Lipinski definition) is 0. The van der Waals surface area contributed by atoms with Crippen LogP contribution in [-0.4, -0.2) is 48.9 Å². The van der Waals surface area contributed by atoms with Gasteiger partial charge in [-0.3, -0.25) is 4.79 Å². The summed E-state index contributed by atoms with van der Waals surface area (Å²) >= 11 is 0. The van der Waals surface area contributed by atoms with Crippen LogP contribution in [0.15, 0.2) is 24.3 Å². The summed E-state index contributed by atoms with van der Waals surface area (Å²) < 4.78 is 12.9. The van der Waals surface area contributed by atoms with Crippen molar-refractivity contribution in [3.8, 4) is 0 Å². The number of halogens is 1. The molecule has 122 valence electrons. The molecule has 2 rings (SSSR count). The SMILES string of the molecule is CCCCN(C)CC1CCN(C(=O)c2ccc(F)cc2)CC1. The summed E-state index contributed by atoms with van der Waals surface area (Å²) in [5, 5.41) is 0. The van der Waals surface area contributed by atoms with Crippen molar-refractivity contribution in [3.05, 3.63) is 35.6 Å². The molecule has 0 bridgehead atoms. The second-order valence-corrected chi connectivity index (χ2v) is 6.36. The summed E-state index contributed by atoms with van der Waals surface area (Å²) in [6.45, 7) is 6.11. The molecule has 0 aliphatic carbocycles. The molecule has 1 amide bonds. The van der Waals surface area contributed by atoms with E-state index < -0.39 is 0 Å². The molecule has 0 unspecified atom stereocenters. The lowest BCUT2D eigenvalue weighted by Gasteiger charge is -2.34. The van der Waals surface area contributed by atoms with Crippen LogP contribution in [0, 0.1) is 11.7 Å². The number of carbonyl (C=O) groups is 1. The Morgan fingerprint density at radius 3 is 2.50 bits per heavy atom. The van der Waals surface area contributed by atoms with E-state index in [2.05, 4.69) is 18.9 Å². The van der Waals surface area contributed by atoms with Crippen molar-refractivity contribution < 1.29 is 9.18 Å². The van der Waals surface area contributed by atoms with Gasteiger partial charge < -0.3 is 9.80 Å². The van der Waals surface area contributed by atoms with Gasteiger partial charge in [0.15, 0.2) is 0 Å². The maximum Gasteiger partial charge on any atom is 0.253 e. The number of carbonyl (C=O) groups excluding carboxylic acids is 1. The number of piperidine rings is 1. The molecule has 1 aromatic carbocycles. The number of unbranched alkanes of at least 4 members (excludes halogenated alkanes) is 1. The zero-order valence-corrected chi connectivity index (χ0v) is 13.7. The molecule has 1 aliphatic heterocycles. The highest BCUT2D eigenvalue weighted by Crippen LogP contribution is 2.20. The van der Waals surface area contributed by atoms with Crippen LogP contribution >= 0.6 is 0 Å². The van der Waals surface area contributed by atoms with Crippen LogP contribution in [0.2, 0.25) is 0 Å². The fourth-order valence-electron chi connectivity index (χ4n) is 3.05. The first-order valence-corrected chi connectivity index (χ1v) is 8.33. The zero-order valence-electron chi connectivity index (χ0n) is 13.7. The number of likely N-dealkylation sites (tertiary alicyclic amines) is 1. The predicted octanol–water partition coefficient (Wildman–Crippen LogP) is 3.41. The minimum atomic E-state index is -0.301. The van der Waals surface area contributed by atoms with Gasteiger partial charge in [0, 0.05) is 25.2 Å². The number of benzene rings is 1. The van der Waals surface area contributed by atoms with Crippen molar-refractivity contribution in [3.63, 3.8) is 0 Å². The number of rotatable bonds is 6. The van der Waals surface area contributed by atoms with Crippen molar-refractivity contribution in [2.24, 2.45) is 5.92 Å². The van der Waals surface area contributed by atoms with Gasteiger partial charge in [-0.15, -0.1) is 0 Å². The van der Waals surface area contributed by atoms with E-state index in [0.717, 1.165) is 39.0 Å². The van der Waals surface area contributed by atoms with Gasteiger partial charge in [-0.25, -0.2) is 4.39 Å². The van der Waals surface area contributed by atoms with Gasteiger partial charge in [-0.1, -0.05) is 13.3 Å². The summed E-state index contributed by atoms with van der Waals surface area (Å²) in [5.74, 6) is 0.405. The van der Waals surface area contributed by atoms with E-state index in [9.17, 15) is 9.18 Å². The third kappa shape index (κ3) is 4.80. The van der Waals surface area contributed by atoms with Crippen LogP contribution < -0.4 is 0 Å². The summed E-state index contributed by atoms with van der Waals surface area (Å²) in [4.78, 5) is 16.7. The normalized spacial score (nSPS) is 16.3. The van der Waals surface area contributed by atoms with Gasteiger partial charge in [0.1, 0.15) is 5.82 Å². The molecular weight excluding hydrogens is 279 g/mol. The molecule has 0 aromatic heterocycles. The Hall–Kier alpha value is -1.42. The molecule has 1 aliphatic rings. The fourth-order valence-corrected chi connectivity index (χ4v) is 3.05. The highest BCUT2D eigenvalue weighted by atomic mass is 19.1. The molecule has 0 radical (unpaired) electrons. The third-order valence-electron chi connectivity index (χ3n) is 4.46. The second-order valence-electron chi connectivity index (χ2n) is 6.36. The summed E-state index contributed by atoms with van der Waals surface area (Å²) in [6, 6.07) is 5.84. The first-order chi connectivity index (χ1) is 10.6. The molecular formula is C18H27FN2O. The smallest absolute Gasteiger partial charge is 0.253 e. The first-order valence-electron chi connectivity index (χ1n) is 8.33. The van der Waals surface area contributed by atoms with Gasteiger partial charge in [0.05, 0.1) is 0 Å². The average Bonchev–Trinajstić information content (AvgIpc) is 2.54. The standard InChI is InChI=1S/C18H27FN2O/c1-3-4-11-20(2)14-15-9-12-21(13-10-15)18(22)16-5-7-17(19)8-6-16/h5-8,15H,3-4,9-14H2,1-2H3. The Morgan fingerprint density at radius 1 is 1.27 bits per heavy atom. The molecule has 1 aromatic rings. The first kappa shape index (κ1) is 16.9. The third-order valence-corrected chi connectivity index (χ3v) is 4.46. The van der Waals surface area contributed by atoms with E-state index in [1.165, 1.54) is 25.0 Å². The molecule has 0 atom stereocenters. The van der Waals surface area contributed by atoms with Gasteiger partial charge in [0.2, 0.25) is 0 Å². The quantitative estimate of drug-likeness (QED) is 0.804. The molecule has 0 N–H and O–H groups in total. The maximum atomic E-state index is 12.9. The second kappa shape index (κ2) is 8.28. The average molecular weight is 306 g/mol. The van der Waals surface area contributed by atoms with Crippen LogP contribution in [0.4, 0.5) is 4.39 Å². The highest BCUT2D eigenvalue weighted by molar-refractivity contribution is 5.94. The van der Waals surface area contributed by atoms with E-state index >= 15 is 0 Å². The molecule has 4 heteroatoms. The Morgan fingerprint density at radius 2 is 1.91 bits per heavy atom. The molecule has 3 nitrogen and oxygen atoms in total. The Labute approximate surface area is 133 Å². The molecule has 1 heterocycles. The largest absolute Gasteiger partial charge is 0.339 e. The Balaban J connectivity index is 1.79. The lowest BCUT2D eigenvalue weighted by molar-refractivity contribution is 0.0673. The van der Waals surface area contributed by atoms with Crippen molar-refractivity contribution in [2.75, 3.05) is 33.2 Å². The number of amides is 1. The topological polar surface area (TPSA) is 23.6 Å². The van der Waals surface area contributed by atoms with Crippen LogP contribution in [-0.2, 0) is 0 Å². The molecule has 1 fully saturated rings. The van der Waals surface area contributed by atoms with Gasteiger partial charge >= 0.3 is 0 Å². The molecule has 22 heavy (non-hydrogen) atoms. The number of hydrogen-bond acceptors (Lipinski definition) is 2. The lowest BCUT2D eigenvalue weighted by Crippen LogP contribution is -2.41. The molecule has 0 spiro atoms. The van der Waals surface area contributed by atoms with Crippen molar-refractivity contribution >= 4 is 5.91 Å². The van der Waals surface area contributed by atoms with E-state index in [4.69, 9.17) is 0 Å². The van der Waals surface area contributed by atoms with Crippen molar-refractivity contribution in [1.82, 2.24) is 9.80 Å². The Bertz CT molecular complexity index is 466. The number of nitrogens with zero attached hydrogens (tertiary/aromatic N) is 2. The van der Waals surface area contributed by atoms with Crippen LogP contribution in [0.1, 0.15) is 43.0 Å². The summed E-state index contributed by atoms with van der Waals surface area (Å²) in [7, 11) is 2.19. The van der Waals surface area contributed by atoms with Crippen LogP contribution in [0.5, 0.6) is 0 Å². The van der Waals surface area contributed by atoms with E-state index in [1.54, 1.807) is 12.1 Å². The van der Waals surface area contributed by atoms with Gasteiger partial charge in [-0.2, -0.15) is 0 Å². The van der Waals surface area contributed by atoms with E-state index in [0.29, 0.717) is 11.5 Å². The van der Waals surface area contributed by atoms with Crippen LogP contribution in [0.3, 0.4) is 0 Å². The van der Waals surface area contributed by atoms with Crippen molar-refractivity contribution in [2.45, 2.75) is 32.6 Å². The fraction of sp³-hybridized carbons (Fsp3) is 0.611. The summed E-state index contributed by atoms with van der Waals surface area (Å²) in [6.07, 6.45) is 4.60. The van der Waals surface area contributed by atoms with Gasteiger partial charge in [-0.05, 0) is 63.0 Å². The predicted molar refractivity (Wildman–Crippen MR) is 87.4 cm³/mol. The Kier molecular flexibility index (Phi) is 6.37. The molecule has 1 saturated heterocycles. The molecule has 0 saturated carbocycles. The van der Waals surface area contributed by atoms with Gasteiger partial charge in [0.25, 0.3) is 5.91 Å². The lowest BCUT2D eigenvalue weighted by atomic mass is 9.95. The minimum absolute atomic E-state index is 0.0257. The van der Waals surface area contributed by atoms with E-state index in [1.807, 2.05) is 4.90 Å². The monoisotopic (exact) mass is 306 g/mol. The minimum Gasteiger partial charge on any atom is -0.339 e. The summed E-state index contributed by atoms with van der Waals surface area (Å²) in [5.41, 5.74) is 0.583. The van der Waals surface area contributed by atoms with E-state index in [-0.39, 0.29) is 11.7 Å². The zero-order chi connectivity index (χ0) is 15.9. The maximum absolute atomic E-state index is 12.9.